The molecular formula is C19H18F7N. The summed E-state index contributed by atoms with van der Waals surface area (Å²) in [5.41, 5.74) is 1.16. The molecule has 0 saturated heterocycles. The van der Waals surface area contributed by atoms with Gasteiger partial charge in [-0.15, -0.1) is 0 Å². The number of halogens is 7. The van der Waals surface area contributed by atoms with Crippen molar-refractivity contribution in [2.45, 2.75) is 44.7 Å². The average molecular weight is 393 g/mol. The van der Waals surface area contributed by atoms with Gasteiger partial charge in [-0.1, -0.05) is 24.3 Å². The third kappa shape index (κ3) is 4.04. The summed E-state index contributed by atoms with van der Waals surface area (Å²) in [6.45, 7) is 2.75. The van der Waals surface area contributed by atoms with E-state index >= 15 is 0 Å². The highest BCUT2D eigenvalue weighted by Gasteiger charge is 2.73. The molecule has 2 rings (SSSR count). The molecule has 0 aliphatic heterocycles. The third-order valence-corrected chi connectivity index (χ3v) is 4.49. The van der Waals surface area contributed by atoms with Crippen molar-refractivity contribution in [2.75, 3.05) is 5.73 Å². The standard InChI is InChI=1S/C19H18F7N/c1-11-8-14(17(20,18(21,22)23)19(24,25)26)9-12(2)16(11)7-6-13-4-3-5-15(27)10-13/h3-5,8-10H,6-7,27H2,1-2H3. The summed E-state index contributed by atoms with van der Waals surface area (Å²) < 4.78 is 92.0. The SMILES string of the molecule is Cc1cc(C(F)(C(F)(F)F)C(F)(F)F)cc(C)c1CCc1cccc(N)c1. The van der Waals surface area contributed by atoms with E-state index in [1.807, 2.05) is 6.07 Å². The molecule has 1 nitrogen and oxygen atoms in total. The Morgan fingerprint density at radius 1 is 0.778 bits per heavy atom. The Morgan fingerprint density at radius 3 is 1.74 bits per heavy atom. The molecule has 8 heteroatoms. The molecule has 0 saturated carbocycles. The van der Waals surface area contributed by atoms with E-state index in [0.717, 1.165) is 5.56 Å². The lowest BCUT2D eigenvalue weighted by atomic mass is 9.87. The summed E-state index contributed by atoms with van der Waals surface area (Å²) in [6, 6.07) is 8.25. The van der Waals surface area contributed by atoms with Gasteiger partial charge in [0.1, 0.15) is 0 Å². The highest BCUT2D eigenvalue weighted by molar-refractivity contribution is 5.44. The number of aryl methyl sites for hydroxylation is 3. The van der Waals surface area contributed by atoms with Crippen LogP contribution in [-0.2, 0) is 18.5 Å². The van der Waals surface area contributed by atoms with Crippen molar-refractivity contribution in [1.29, 1.82) is 0 Å². The summed E-state index contributed by atoms with van der Waals surface area (Å²) in [5, 5.41) is 0. The number of rotatable bonds is 4. The van der Waals surface area contributed by atoms with Gasteiger partial charge in [-0.3, -0.25) is 0 Å². The van der Waals surface area contributed by atoms with Crippen molar-refractivity contribution in [3.05, 3.63) is 64.2 Å². The second-order valence-corrected chi connectivity index (χ2v) is 6.49. The molecule has 0 radical (unpaired) electrons. The number of benzene rings is 2. The van der Waals surface area contributed by atoms with E-state index in [2.05, 4.69) is 0 Å². The first-order valence-corrected chi connectivity index (χ1v) is 8.04. The smallest absolute Gasteiger partial charge is 0.399 e. The average Bonchev–Trinajstić information content (AvgIpc) is 2.51. The first-order valence-electron chi connectivity index (χ1n) is 8.04. The monoisotopic (exact) mass is 393 g/mol. The molecule has 27 heavy (non-hydrogen) atoms. The van der Waals surface area contributed by atoms with Gasteiger partial charge in [0.15, 0.2) is 0 Å². The number of hydrogen-bond donors (Lipinski definition) is 1. The van der Waals surface area contributed by atoms with E-state index < -0.39 is 23.6 Å². The van der Waals surface area contributed by atoms with Gasteiger partial charge in [0.05, 0.1) is 0 Å². The van der Waals surface area contributed by atoms with Gasteiger partial charge in [0.2, 0.25) is 0 Å². The summed E-state index contributed by atoms with van der Waals surface area (Å²) in [4.78, 5) is 0. The summed E-state index contributed by atoms with van der Waals surface area (Å²) in [7, 11) is 0. The molecule has 2 aromatic rings. The predicted octanol–water partition coefficient (Wildman–Crippen LogP) is 5.96. The van der Waals surface area contributed by atoms with Crippen LogP contribution in [0.15, 0.2) is 36.4 Å². The molecule has 0 heterocycles. The second kappa shape index (κ2) is 7.05. The van der Waals surface area contributed by atoms with Gasteiger partial charge in [0, 0.05) is 11.3 Å². The molecule has 0 aliphatic carbocycles. The van der Waals surface area contributed by atoms with Crippen LogP contribution in [0.2, 0.25) is 0 Å². The van der Waals surface area contributed by atoms with Gasteiger partial charge in [-0.05, 0) is 61.1 Å². The zero-order valence-corrected chi connectivity index (χ0v) is 14.6. The van der Waals surface area contributed by atoms with Gasteiger partial charge >= 0.3 is 18.0 Å². The highest BCUT2D eigenvalue weighted by atomic mass is 19.4. The van der Waals surface area contributed by atoms with Crippen LogP contribution < -0.4 is 5.73 Å². The fourth-order valence-corrected chi connectivity index (χ4v) is 3.09. The maximum atomic E-state index is 14.3. The van der Waals surface area contributed by atoms with Gasteiger partial charge in [-0.2, -0.15) is 26.3 Å². The fraction of sp³-hybridized carbons (Fsp3) is 0.368. The summed E-state index contributed by atoms with van der Waals surface area (Å²) >= 11 is 0. The zero-order valence-electron chi connectivity index (χ0n) is 14.6. The van der Waals surface area contributed by atoms with E-state index in [1.54, 1.807) is 18.2 Å². The molecule has 2 aromatic carbocycles. The molecule has 0 amide bonds. The second-order valence-electron chi connectivity index (χ2n) is 6.49. The topological polar surface area (TPSA) is 26.0 Å². The Labute approximate surface area is 152 Å². The number of nitrogen functional groups attached to an aromatic ring is 1. The van der Waals surface area contributed by atoms with E-state index in [4.69, 9.17) is 5.73 Å². The Morgan fingerprint density at radius 2 is 1.30 bits per heavy atom. The Kier molecular flexibility index (Phi) is 5.50. The summed E-state index contributed by atoms with van der Waals surface area (Å²) in [5.74, 6) is 0. The Balaban J connectivity index is 2.41. The third-order valence-electron chi connectivity index (χ3n) is 4.49. The molecule has 2 N–H and O–H groups in total. The summed E-state index contributed by atoms with van der Waals surface area (Å²) in [6.07, 6.45) is -11.4. The number of alkyl halides is 7. The van der Waals surface area contributed by atoms with E-state index in [-0.39, 0.29) is 11.1 Å². The van der Waals surface area contributed by atoms with E-state index in [1.165, 1.54) is 13.8 Å². The van der Waals surface area contributed by atoms with Crippen LogP contribution >= 0.6 is 0 Å². The molecule has 0 unspecified atom stereocenters. The molecule has 0 bridgehead atoms. The normalized spacial score (nSPS) is 13.1. The van der Waals surface area contributed by atoms with Gasteiger partial charge < -0.3 is 5.73 Å². The minimum Gasteiger partial charge on any atom is -0.399 e. The van der Waals surface area contributed by atoms with Crippen molar-refractivity contribution < 1.29 is 30.7 Å². The lowest BCUT2D eigenvalue weighted by molar-refractivity contribution is -0.348. The zero-order chi connectivity index (χ0) is 20.6. The quantitative estimate of drug-likeness (QED) is 0.503. The van der Waals surface area contributed by atoms with Crippen molar-refractivity contribution in [3.63, 3.8) is 0 Å². The Bertz CT molecular complexity index is 785. The molecule has 0 aromatic heterocycles. The molecule has 0 fully saturated rings. The van der Waals surface area contributed by atoms with Crippen molar-refractivity contribution in [3.8, 4) is 0 Å². The van der Waals surface area contributed by atoms with Crippen LogP contribution in [0.3, 0.4) is 0 Å². The minimum atomic E-state index is -6.12. The number of nitrogens with two attached hydrogens (primary N) is 1. The number of anilines is 1. The van der Waals surface area contributed by atoms with Crippen LogP contribution in [0.25, 0.3) is 0 Å². The number of hydrogen-bond acceptors (Lipinski definition) is 1. The minimum absolute atomic E-state index is 0.171. The predicted molar refractivity (Wildman–Crippen MR) is 89.1 cm³/mol. The van der Waals surface area contributed by atoms with Gasteiger partial charge in [0.25, 0.3) is 0 Å². The van der Waals surface area contributed by atoms with Crippen LogP contribution in [0.4, 0.5) is 36.4 Å². The lowest BCUT2D eigenvalue weighted by Crippen LogP contribution is -2.50. The molecular weight excluding hydrogens is 375 g/mol. The molecule has 0 aliphatic rings. The van der Waals surface area contributed by atoms with Crippen LogP contribution in [0.5, 0.6) is 0 Å². The molecule has 0 spiro atoms. The molecule has 0 atom stereocenters. The highest BCUT2D eigenvalue weighted by Crippen LogP contribution is 2.53. The van der Waals surface area contributed by atoms with Crippen molar-refractivity contribution in [1.82, 2.24) is 0 Å². The van der Waals surface area contributed by atoms with Crippen LogP contribution in [0, 0.1) is 13.8 Å². The first-order chi connectivity index (χ1) is 12.3. The fourth-order valence-electron chi connectivity index (χ4n) is 3.09. The Hall–Kier alpha value is -2.25. The first kappa shape index (κ1) is 21.1. The van der Waals surface area contributed by atoms with E-state index in [9.17, 15) is 30.7 Å². The maximum Gasteiger partial charge on any atom is 0.435 e. The van der Waals surface area contributed by atoms with E-state index in [0.29, 0.717) is 36.2 Å². The lowest BCUT2D eigenvalue weighted by Gasteiger charge is -2.31. The van der Waals surface area contributed by atoms with Crippen molar-refractivity contribution >= 4 is 5.69 Å². The molecule has 148 valence electrons. The van der Waals surface area contributed by atoms with Gasteiger partial charge in [-0.25, -0.2) is 4.39 Å². The van der Waals surface area contributed by atoms with Crippen LogP contribution in [-0.4, -0.2) is 12.4 Å². The largest absolute Gasteiger partial charge is 0.435 e. The van der Waals surface area contributed by atoms with Crippen LogP contribution in [0.1, 0.15) is 27.8 Å². The maximum absolute atomic E-state index is 14.3. The van der Waals surface area contributed by atoms with Crippen molar-refractivity contribution in [2.24, 2.45) is 0 Å².